The fraction of sp³-hybridized carbons (Fsp3) is 0.417. The molecule has 6 heteroatoms. The summed E-state index contributed by atoms with van der Waals surface area (Å²) in [5.41, 5.74) is 7.02. The van der Waals surface area contributed by atoms with Crippen molar-refractivity contribution in [1.29, 1.82) is 0 Å². The second kappa shape index (κ2) is 6.26. The van der Waals surface area contributed by atoms with Crippen molar-refractivity contribution >= 4 is 23.3 Å². The molecule has 4 nitrogen and oxygen atoms in total. The molecule has 0 aliphatic rings. The molecule has 0 saturated heterocycles. The van der Waals surface area contributed by atoms with Crippen LogP contribution >= 0.6 is 23.3 Å². The maximum absolute atomic E-state index is 5.85. The predicted molar refractivity (Wildman–Crippen MR) is 75.0 cm³/mol. The highest BCUT2D eigenvalue weighted by Gasteiger charge is 2.10. The van der Waals surface area contributed by atoms with E-state index in [9.17, 15) is 0 Å². The van der Waals surface area contributed by atoms with Crippen LogP contribution in [-0.4, -0.2) is 20.4 Å². The van der Waals surface area contributed by atoms with Crippen molar-refractivity contribution in [2.45, 2.75) is 42.1 Å². The number of rotatable bonds is 5. The maximum Gasteiger partial charge on any atom is 0.176 e. The van der Waals surface area contributed by atoms with E-state index >= 15 is 0 Å². The van der Waals surface area contributed by atoms with Crippen molar-refractivity contribution in [1.82, 2.24) is 14.3 Å². The van der Waals surface area contributed by atoms with Crippen molar-refractivity contribution in [2.24, 2.45) is 5.73 Å². The summed E-state index contributed by atoms with van der Waals surface area (Å²) >= 11 is 3.00. The molecule has 0 spiro atoms. The number of hydrogen-bond acceptors (Lipinski definition) is 6. The third-order valence-corrected chi connectivity index (χ3v) is 4.19. The third-order valence-electron chi connectivity index (χ3n) is 2.34. The molecular formula is C12H16N4S2. The van der Waals surface area contributed by atoms with Crippen LogP contribution in [0.2, 0.25) is 0 Å². The van der Waals surface area contributed by atoms with Crippen molar-refractivity contribution in [3.63, 3.8) is 0 Å². The molecule has 0 bridgehead atoms. The van der Waals surface area contributed by atoms with Crippen LogP contribution in [-0.2, 0) is 12.8 Å². The highest BCUT2D eigenvalue weighted by molar-refractivity contribution is 8.00. The zero-order valence-electron chi connectivity index (χ0n) is 10.5. The number of pyridine rings is 1. The molecule has 0 radical (unpaired) electrons. The summed E-state index contributed by atoms with van der Waals surface area (Å²) in [7, 11) is 0. The first-order chi connectivity index (χ1) is 8.69. The van der Waals surface area contributed by atoms with E-state index in [1.807, 2.05) is 13.0 Å². The van der Waals surface area contributed by atoms with Gasteiger partial charge in [-0.05, 0) is 48.3 Å². The van der Waals surface area contributed by atoms with E-state index in [2.05, 4.69) is 27.3 Å². The summed E-state index contributed by atoms with van der Waals surface area (Å²) in [6.45, 7) is 4.06. The maximum atomic E-state index is 5.85. The Balaban J connectivity index is 2.17. The normalized spacial score (nSPS) is 12.6. The van der Waals surface area contributed by atoms with Gasteiger partial charge in [-0.1, -0.05) is 13.0 Å². The lowest BCUT2D eigenvalue weighted by atomic mass is 10.1. The third kappa shape index (κ3) is 3.51. The molecule has 0 aliphatic heterocycles. The lowest BCUT2D eigenvalue weighted by Gasteiger charge is -2.08. The number of nitrogens with zero attached hydrogens (tertiary/aromatic N) is 3. The number of nitrogens with two attached hydrogens (primary N) is 1. The second-order valence-corrected chi connectivity index (χ2v) is 6.07. The Kier molecular flexibility index (Phi) is 4.68. The monoisotopic (exact) mass is 280 g/mol. The molecule has 96 valence electrons. The van der Waals surface area contributed by atoms with Gasteiger partial charge in [-0.25, -0.2) is 9.97 Å². The van der Waals surface area contributed by atoms with Gasteiger partial charge >= 0.3 is 0 Å². The van der Waals surface area contributed by atoms with Crippen LogP contribution in [0.5, 0.6) is 0 Å². The molecular weight excluding hydrogens is 264 g/mol. The highest BCUT2D eigenvalue weighted by Crippen LogP contribution is 2.30. The molecule has 0 fully saturated rings. The predicted octanol–water partition coefficient (Wildman–Crippen LogP) is 2.54. The van der Waals surface area contributed by atoms with Crippen molar-refractivity contribution in [3.8, 4) is 0 Å². The summed E-state index contributed by atoms with van der Waals surface area (Å²) in [5, 5.41) is 0.980. The van der Waals surface area contributed by atoms with E-state index in [0.29, 0.717) is 0 Å². The van der Waals surface area contributed by atoms with Gasteiger partial charge < -0.3 is 5.73 Å². The highest BCUT2D eigenvalue weighted by atomic mass is 32.2. The number of aromatic nitrogens is 3. The van der Waals surface area contributed by atoms with Gasteiger partial charge in [0.25, 0.3) is 0 Å². The minimum Gasteiger partial charge on any atom is -0.328 e. The van der Waals surface area contributed by atoms with Crippen LogP contribution in [0.3, 0.4) is 0 Å². The van der Waals surface area contributed by atoms with Crippen molar-refractivity contribution < 1.29 is 0 Å². The Morgan fingerprint density at radius 3 is 3.00 bits per heavy atom. The van der Waals surface area contributed by atoms with E-state index in [4.69, 9.17) is 5.73 Å². The number of hydrogen-bond donors (Lipinski definition) is 1. The van der Waals surface area contributed by atoms with Gasteiger partial charge in [-0.3, -0.25) is 0 Å². The fourth-order valence-electron chi connectivity index (χ4n) is 1.52. The minimum absolute atomic E-state index is 0.133. The molecule has 2 rings (SSSR count). The lowest BCUT2D eigenvalue weighted by molar-refractivity contribution is 0.722. The minimum atomic E-state index is 0.133. The Labute approximate surface area is 115 Å². The Bertz CT molecular complexity index is 510. The SMILES string of the molecule is CCc1nsc(Sc2ncccc2CC(C)N)n1. The zero-order valence-corrected chi connectivity index (χ0v) is 12.1. The fourth-order valence-corrected chi connectivity index (χ4v) is 3.23. The first-order valence-corrected chi connectivity index (χ1v) is 7.48. The van der Waals surface area contributed by atoms with Crippen LogP contribution < -0.4 is 5.73 Å². The van der Waals surface area contributed by atoms with Crippen molar-refractivity contribution in [2.75, 3.05) is 0 Å². The molecule has 0 amide bonds. The average Bonchev–Trinajstić information content (AvgIpc) is 2.79. The number of aryl methyl sites for hydroxylation is 1. The van der Waals surface area contributed by atoms with Gasteiger partial charge in [0, 0.05) is 18.7 Å². The summed E-state index contributed by atoms with van der Waals surface area (Å²) in [5.74, 6) is 0.896. The molecule has 0 aliphatic carbocycles. The molecule has 2 aromatic rings. The second-order valence-electron chi connectivity index (χ2n) is 4.08. The van der Waals surface area contributed by atoms with Crippen LogP contribution in [0.1, 0.15) is 25.2 Å². The topological polar surface area (TPSA) is 64.7 Å². The lowest BCUT2D eigenvalue weighted by Crippen LogP contribution is -2.18. The summed E-state index contributed by atoms with van der Waals surface area (Å²) in [4.78, 5) is 8.85. The van der Waals surface area contributed by atoms with E-state index in [1.165, 1.54) is 17.1 Å². The van der Waals surface area contributed by atoms with Crippen LogP contribution in [0, 0.1) is 0 Å². The quantitative estimate of drug-likeness (QED) is 0.911. The van der Waals surface area contributed by atoms with E-state index in [-0.39, 0.29) is 6.04 Å². The zero-order chi connectivity index (χ0) is 13.0. The van der Waals surface area contributed by atoms with Gasteiger partial charge in [0.05, 0.1) is 0 Å². The summed E-state index contributed by atoms with van der Waals surface area (Å²) in [6.07, 6.45) is 3.50. The molecule has 2 N–H and O–H groups in total. The molecule has 0 aromatic carbocycles. The standard InChI is InChI=1S/C12H16N4S2/c1-3-10-15-12(18-16-10)17-11-9(7-8(2)13)5-4-6-14-11/h4-6,8H,3,7,13H2,1-2H3. The Hall–Kier alpha value is -0.980. The van der Waals surface area contributed by atoms with E-state index in [1.54, 1.807) is 18.0 Å². The molecule has 18 heavy (non-hydrogen) atoms. The van der Waals surface area contributed by atoms with Crippen LogP contribution in [0.25, 0.3) is 0 Å². The van der Waals surface area contributed by atoms with E-state index in [0.717, 1.165) is 28.0 Å². The van der Waals surface area contributed by atoms with Gasteiger partial charge in [-0.15, -0.1) is 0 Å². The van der Waals surface area contributed by atoms with Crippen LogP contribution in [0.15, 0.2) is 27.7 Å². The van der Waals surface area contributed by atoms with E-state index < -0.39 is 0 Å². The first kappa shape index (κ1) is 13.5. The van der Waals surface area contributed by atoms with Crippen LogP contribution in [0.4, 0.5) is 0 Å². The first-order valence-electron chi connectivity index (χ1n) is 5.89. The molecule has 2 aromatic heterocycles. The summed E-state index contributed by atoms with van der Waals surface area (Å²) < 4.78 is 5.22. The largest absolute Gasteiger partial charge is 0.328 e. The van der Waals surface area contributed by atoms with Gasteiger partial charge in [0.2, 0.25) is 0 Å². The Morgan fingerprint density at radius 2 is 2.33 bits per heavy atom. The smallest absolute Gasteiger partial charge is 0.176 e. The van der Waals surface area contributed by atoms with Gasteiger partial charge in [-0.2, -0.15) is 4.37 Å². The van der Waals surface area contributed by atoms with Gasteiger partial charge in [0.1, 0.15) is 10.9 Å². The molecule has 1 unspecified atom stereocenters. The van der Waals surface area contributed by atoms with Gasteiger partial charge in [0.15, 0.2) is 4.34 Å². The summed E-state index contributed by atoms with van der Waals surface area (Å²) in [6, 6.07) is 4.15. The Morgan fingerprint density at radius 1 is 1.50 bits per heavy atom. The van der Waals surface area contributed by atoms with Crippen molar-refractivity contribution in [3.05, 3.63) is 29.7 Å². The molecule has 2 heterocycles. The molecule has 1 atom stereocenters. The molecule has 0 saturated carbocycles. The average molecular weight is 280 g/mol.